The molecule has 3 rings (SSSR count). The monoisotopic (exact) mass is 360 g/mol. The van der Waals surface area contributed by atoms with Crippen LogP contribution in [0.3, 0.4) is 0 Å². The summed E-state index contributed by atoms with van der Waals surface area (Å²) in [7, 11) is 0. The number of amides is 2. The summed E-state index contributed by atoms with van der Waals surface area (Å²) in [6, 6.07) is 5.80. The molecule has 1 aliphatic heterocycles. The van der Waals surface area contributed by atoms with Gasteiger partial charge in [0.15, 0.2) is 11.4 Å². The fraction of sp³-hybridized carbons (Fsp3) is 0.389. The van der Waals surface area contributed by atoms with Gasteiger partial charge in [0.1, 0.15) is 5.82 Å². The number of halogens is 1. The number of ether oxygens (including phenoxy) is 1. The zero-order valence-corrected chi connectivity index (χ0v) is 14.5. The van der Waals surface area contributed by atoms with Crippen molar-refractivity contribution in [3.8, 4) is 11.4 Å². The average molecular weight is 360 g/mol. The number of carbonyl (C=O) groups excluding carboxylic acids is 2. The highest BCUT2D eigenvalue weighted by molar-refractivity contribution is 5.95. The first kappa shape index (κ1) is 17.9. The van der Waals surface area contributed by atoms with Crippen molar-refractivity contribution in [2.75, 3.05) is 19.7 Å². The lowest BCUT2D eigenvalue weighted by Gasteiger charge is -2.30. The first-order chi connectivity index (χ1) is 12.5. The van der Waals surface area contributed by atoms with Crippen molar-refractivity contribution < 1.29 is 18.7 Å². The Labute approximate surface area is 150 Å². The molecule has 2 heterocycles. The lowest BCUT2D eigenvalue weighted by molar-refractivity contribution is -0.123. The number of primary amides is 1. The fourth-order valence-electron chi connectivity index (χ4n) is 3.01. The fourth-order valence-corrected chi connectivity index (χ4v) is 3.01. The van der Waals surface area contributed by atoms with Gasteiger partial charge in [0.25, 0.3) is 5.91 Å². The molecular formula is C18H21FN4O3. The summed E-state index contributed by atoms with van der Waals surface area (Å²) in [5.41, 5.74) is 6.16. The van der Waals surface area contributed by atoms with E-state index in [0.717, 1.165) is 0 Å². The summed E-state index contributed by atoms with van der Waals surface area (Å²) in [6.45, 7) is 3.10. The van der Waals surface area contributed by atoms with E-state index in [-0.39, 0.29) is 29.2 Å². The second-order valence-electron chi connectivity index (χ2n) is 6.16. The Morgan fingerprint density at radius 3 is 2.50 bits per heavy atom. The second-order valence-corrected chi connectivity index (χ2v) is 6.16. The van der Waals surface area contributed by atoms with Crippen molar-refractivity contribution >= 4 is 11.8 Å². The van der Waals surface area contributed by atoms with E-state index in [1.54, 1.807) is 23.2 Å². The molecule has 26 heavy (non-hydrogen) atoms. The van der Waals surface area contributed by atoms with Gasteiger partial charge >= 0.3 is 0 Å². The van der Waals surface area contributed by atoms with Gasteiger partial charge < -0.3 is 15.4 Å². The van der Waals surface area contributed by atoms with Crippen LogP contribution in [0.25, 0.3) is 5.69 Å². The Morgan fingerprint density at radius 2 is 1.92 bits per heavy atom. The highest BCUT2D eigenvalue weighted by Crippen LogP contribution is 2.24. The van der Waals surface area contributed by atoms with Crippen LogP contribution >= 0.6 is 0 Å². The predicted octanol–water partition coefficient (Wildman–Crippen LogP) is 1.75. The summed E-state index contributed by atoms with van der Waals surface area (Å²) >= 11 is 0. The number of piperidine rings is 1. The SMILES string of the molecule is CCOc1cn(-c2ccc(F)cc2)nc1C(=O)N1CCC(C(N)=O)CC1. The molecular weight excluding hydrogens is 339 g/mol. The molecule has 8 heteroatoms. The number of rotatable bonds is 5. The zero-order chi connectivity index (χ0) is 18.7. The van der Waals surface area contributed by atoms with Crippen molar-refractivity contribution in [2.45, 2.75) is 19.8 Å². The Kier molecular flexibility index (Phi) is 5.20. The average Bonchev–Trinajstić information content (AvgIpc) is 3.06. The Morgan fingerprint density at radius 1 is 1.27 bits per heavy atom. The normalized spacial score (nSPS) is 15.1. The highest BCUT2D eigenvalue weighted by atomic mass is 19.1. The molecule has 1 aromatic heterocycles. The quantitative estimate of drug-likeness (QED) is 0.879. The second kappa shape index (κ2) is 7.55. The Balaban J connectivity index is 1.83. The van der Waals surface area contributed by atoms with Crippen LogP contribution in [0.5, 0.6) is 5.75 Å². The van der Waals surface area contributed by atoms with E-state index in [1.807, 2.05) is 6.92 Å². The van der Waals surface area contributed by atoms with E-state index < -0.39 is 0 Å². The molecule has 0 bridgehead atoms. The van der Waals surface area contributed by atoms with E-state index in [0.29, 0.717) is 44.0 Å². The molecule has 2 amide bonds. The van der Waals surface area contributed by atoms with Crippen molar-refractivity contribution in [1.29, 1.82) is 0 Å². The molecule has 1 fully saturated rings. The van der Waals surface area contributed by atoms with Gasteiger partial charge in [-0.2, -0.15) is 5.10 Å². The van der Waals surface area contributed by atoms with Crippen molar-refractivity contribution in [3.63, 3.8) is 0 Å². The summed E-state index contributed by atoms with van der Waals surface area (Å²) in [5, 5.41) is 4.34. The molecule has 0 unspecified atom stereocenters. The highest BCUT2D eigenvalue weighted by Gasteiger charge is 2.29. The number of nitrogens with zero attached hydrogens (tertiary/aromatic N) is 3. The molecule has 1 aliphatic rings. The maximum absolute atomic E-state index is 13.1. The van der Waals surface area contributed by atoms with Crippen LogP contribution < -0.4 is 10.5 Å². The molecule has 2 N–H and O–H groups in total. The maximum atomic E-state index is 13.1. The van der Waals surface area contributed by atoms with Crippen LogP contribution in [0.15, 0.2) is 30.5 Å². The standard InChI is InChI=1S/C18H21FN4O3/c1-2-26-15-11-23(14-5-3-13(19)4-6-14)21-16(15)18(25)22-9-7-12(8-10-22)17(20)24/h3-6,11-12H,2,7-10H2,1H3,(H2,20,24). The van der Waals surface area contributed by atoms with E-state index in [1.165, 1.54) is 16.8 Å². The van der Waals surface area contributed by atoms with Crippen LogP contribution in [0, 0.1) is 11.7 Å². The molecule has 0 saturated carbocycles. The van der Waals surface area contributed by atoms with Crippen LogP contribution in [-0.4, -0.2) is 46.2 Å². The lowest BCUT2D eigenvalue weighted by atomic mass is 9.96. The van der Waals surface area contributed by atoms with Crippen molar-refractivity contribution in [1.82, 2.24) is 14.7 Å². The number of benzene rings is 1. The van der Waals surface area contributed by atoms with Crippen molar-refractivity contribution in [2.24, 2.45) is 11.7 Å². The van der Waals surface area contributed by atoms with Crippen LogP contribution in [0.4, 0.5) is 4.39 Å². The third-order valence-electron chi connectivity index (χ3n) is 4.46. The minimum absolute atomic E-state index is 0.192. The van der Waals surface area contributed by atoms with Gasteiger partial charge in [0, 0.05) is 19.0 Å². The molecule has 0 spiro atoms. The number of hydrogen-bond donors (Lipinski definition) is 1. The summed E-state index contributed by atoms with van der Waals surface area (Å²) < 4.78 is 20.2. The maximum Gasteiger partial charge on any atom is 0.278 e. The molecule has 1 aromatic carbocycles. The molecule has 2 aromatic rings. The molecule has 138 valence electrons. The van der Waals surface area contributed by atoms with E-state index in [2.05, 4.69) is 5.10 Å². The number of hydrogen-bond acceptors (Lipinski definition) is 4. The minimum atomic E-state index is -0.348. The molecule has 1 saturated heterocycles. The van der Waals surface area contributed by atoms with Gasteiger partial charge in [-0.15, -0.1) is 0 Å². The third kappa shape index (κ3) is 3.68. The lowest BCUT2D eigenvalue weighted by Crippen LogP contribution is -2.42. The van der Waals surface area contributed by atoms with Gasteiger partial charge in [0.2, 0.25) is 5.91 Å². The van der Waals surface area contributed by atoms with Crippen LogP contribution in [-0.2, 0) is 4.79 Å². The van der Waals surface area contributed by atoms with Gasteiger partial charge in [-0.05, 0) is 44.0 Å². The summed E-state index contributed by atoms with van der Waals surface area (Å²) in [4.78, 5) is 25.8. The number of nitrogens with two attached hydrogens (primary N) is 1. The van der Waals surface area contributed by atoms with Gasteiger partial charge in [-0.1, -0.05) is 0 Å². The smallest absolute Gasteiger partial charge is 0.278 e. The number of likely N-dealkylation sites (tertiary alicyclic amines) is 1. The zero-order valence-electron chi connectivity index (χ0n) is 14.5. The largest absolute Gasteiger partial charge is 0.490 e. The first-order valence-electron chi connectivity index (χ1n) is 8.56. The number of carbonyl (C=O) groups is 2. The minimum Gasteiger partial charge on any atom is -0.490 e. The van der Waals surface area contributed by atoms with E-state index >= 15 is 0 Å². The summed E-state index contributed by atoms with van der Waals surface area (Å²) in [5.74, 6) is -0.745. The van der Waals surface area contributed by atoms with Crippen LogP contribution in [0.2, 0.25) is 0 Å². The van der Waals surface area contributed by atoms with Gasteiger partial charge in [0.05, 0.1) is 18.5 Å². The first-order valence-corrected chi connectivity index (χ1v) is 8.56. The predicted molar refractivity (Wildman–Crippen MR) is 92.5 cm³/mol. The molecule has 0 atom stereocenters. The molecule has 0 aliphatic carbocycles. The summed E-state index contributed by atoms with van der Waals surface area (Å²) in [6.07, 6.45) is 2.70. The van der Waals surface area contributed by atoms with E-state index in [9.17, 15) is 14.0 Å². The third-order valence-corrected chi connectivity index (χ3v) is 4.46. The van der Waals surface area contributed by atoms with Gasteiger partial charge in [-0.3, -0.25) is 9.59 Å². The van der Waals surface area contributed by atoms with Crippen molar-refractivity contribution in [3.05, 3.63) is 42.0 Å². The van der Waals surface area contributed by atoms with E-state index in [4.69, 9.17) is 10.5 Å². The Bertz CT molecular complexity index is 795. The topological polar surface area (TPSA) is 90.5 Å². The van der Waals surface area contributed by atoms with Crippen LogP contribution in [0.1, 0.15) is 30.3 Å². The Hall–Kier alpha value is -2.90. The molecule has 7 nitrogen and oxygen atoms in total. The van der Waals surface area contributed by atoms with Gasteiger partial charge in [-0.25, -0.2) is 9.07 Å². The molecule has 0 radical (unpaired) electrons. The number of aromatic nitrogens is 2.